The smallest absolute Gasteiger partial charge is 0.222 e. The third kappa shape index (κ3) is 5.30. The molecule has 1 aliphatic rings. The number of fused-ring (bicyclic) bond motifs is 1. The van der Waals surface area contributed by atoms with Crippen LogP contribution in [0.15, 0.2) is 72.8 Å². The first kappa shape index (κ1) is 21.1. The molecule has 1 aliphatic heterocycles. The molecule has 0 aromatic heterocycles. The monoisotopic (exact) mass is 436 g/mol. The summed E-state index contributed by atoms with van der Waals surface area (Å²) in [7, 11) is 1.63. The number of hydrogen-bond donors (Lipinski definition) is 1. The summed E-state index contributed by atoms with van der Waals surface area (Å²) in [4.78, 5) is 15.0. The number of nitrogens with zero attached hydrogens (tertiary/aromatic N) is 1. The second-order valence-corrected chi connectivity index (χ2v) is 7.96. The highest BCUT2D eigenvalue weighted by Gasteiger charge is 2.29. The van der Waals surface area contributed by atoms with Gasteiger partial charge in [-0.05, 0) is 41.5 Å². The van der Waals surface area contributed by atoms with E-state index in [9.17, 15) is 4.79 Å². The van der Waals surface area contributed by atoms with Crippen molar-refractivity contribution in [3.63, 3.8) is 0 Å². The van der Waals surface area contributed by atoms with Crippen LogP contribution in [0.2, 0.25) is 5.02 Å². The quantitative estimate of drug-likeness (QED) is 0.576. The van der Waals surface area contributed by atoms with Crippen LogP contribution in [0.25, 0.3) is 0 Å². The summed E-state index contributed by atoms with van der Waals surface area (Å²) < 4.78 is 11.1. The van der Waals surface area contributed by atoms with Crippen LogP contribution in [0, 0.1) is 0 Å². The Bertz CT molecular complexity index is 1020. The predicted octanol–water partition coefficient (Wildman–Crippen LogP) is 4.82. The first-order chi connectivity index (χ1) is 15.1. The van der Waals surface area contributed by atoms with Crippen LogP contribution in [-0.2, 0) is 17.9 Å². The van der Waals surface area contributed by atoms with Crippen LogP contribution in [0.4, 0.5) is 5.69 Å². The summed E-state index contributed by atoms with van der Waals surface area (Å²) in [6.45, 7) is 1.59. The fourth-order valence-corrected chi connectivity index (χ4v) is 3.87. The van der Waals surface area contributed by atoms with Crippen LogP contribution in [-0.4, -0.2) is 25.7 Å². The summed E-state index contributed by atoms with van der Waals surface area (Å²) in [5.41, 5.74) is 3.10. The molecule has 0 saturated heterocycles. The lowest BCUT2D eigenvalue weighted by molar-refractivity contribution is -0.121. The minimum absolute atomic E-state index is 0.0204. The lowest BCUT2D eigenvalue weighted by Gasteiger charge is -2.38. The summed E-state index contributed by atoms with van der Waals surface area (Å²) in [5.74, 6) is 1.56. The van der Waals surface area contributed by atoms with Crippen molar-refractivity contribution in [1.82, 2.24) is 5.32 Å². The normalized spacial score (nSPS) is 15.0. The summed E-state index contributed by atoms with van der Waals surface area (Å²) >= 11 is 6.27. The molecule has 3 aromatic rings. The molecule has 1 N–H and O–H groups in total. The Labute approximate surface area is 187 Å². The zero-order valence-corrected chi connectivity index (χ0v) is 18.1. The maximum Gasteiger partial charge on any atom is 0.222 e. The number of halogens is 1. The highest BCUT2D eigenvalue weighted by molar-refractivity contribution is 6.31. The van der Waals surface area contributed by atoms with E-state index in [2.05, 4.69) is 22.3 Å². The third-order valence-electron chi connectivity index (χ3n) is 5.37. The lowest BCUT2D eigenvalue weighted by atomic mass is 10.1. The number of carbonyl (C=O) groups is 1. The van der Waals surface area contributed by atoms with Gasteiger partial charge in [-0.2, -0.15) is 0 Å². The minimum Gasteiger partial charge on any atom is -0.497 e. The number of ether oxygens (including phenoxy) is 2. The van der Waals surface area contributed by atoms with Crippen LogP contribution < -0.4 is 19.7 Å². The van der Waals surface area contributed by atoms with E-state index in [0.717, 1.165) is 22.7 Å². The number of methoxy groups -OCH3 is 1. The van der Waals surface area contributed by atoms with Crippen molar-refractivity contribution >= 4 is 23.2 Å². The summed E-state index contributed by atoms with van der Waals surface area (Å²) in [6.07, 6.45) is 0.328. The van der Waals surface area contributed by atoms with Crippen LogP contribution in [0.1, 0.15) is 17.5 Å². The second kappa shape index (κ2) is 9.75. The van der Waals surface area contributed by atoms with Gasteiger partial charge < -0.3 is 19.7 Å². The zero-order valence-electron chi connectivity index (χ0n) is 17.4. The van der Waals surface area contributed by atoms with Gasteiger partial charge in [-0.1, -0.05) is 54.1 Å². The number of benzene rings is 3. The predicted molar refractivity (Wildman–Crippen MR) is 123 cm³/mol. The first-order valence-corrected chi connectivity index (χ1v) is 10.6. The average molecular weight is 437 g/mol. The molecular weight excluding hydrogens is 412 g/mol. The van der Waals surface area contributed by atoms with Gasteiger partial charge in [0.2, 0.25) is 5.91 Å². The summed E-state index contributed by atoms with van der Waals surface area (Å²) in [6, 6.07) is 23.4. The van der Waals surface area contributed by atoms with Gasteiger partial charge in [0, 0.05) is 18.1 Å². The van der Waals surface area contributed by atoms with Crippen molar-refractivity contribution in [1.29, 1.82) is 0 Å². The molecule has 0 radical (unpaired) electrons. The number of rotatable bonds is 7. The minimum atomic E-state index is -0.0953. The fourth-order valence-electron chi connectivity index (χ4n) is 3.70. The number of nitrogens with one attached hydrogen (secondary N) is 1. The third-order valence-corrected chi connectivity index (χ3v) is 5.60. The van der Waals surface area contributed by atoms with Crippen molar-refractivity contribution in [2.24, 2.45) is 0 Å². The van der Waals surface area contributed by atoms with E-state index >= 15 is 0 Å². The van der Waals surface area contributed by atoms with Crippen LogP contribution in [0.5, 0.6) is 11.5 Å². The first-order valence-electron chi connectivity index (χ1n) is 10.2. The van der Waals surface area contributed by atoms with Crippen molar-refractivity contribution in [2.45, 2.75) is 25.6 Å². The van der Waals surface area contributed by atoms with E-state index in [4.69, 9.17) is 21.1 Å². The number of amides is 1. The molecule has 1 atom stereocenters. The molecule has 1 heterocycles. The molecular formula is C25H25ClN2O3. The summed E-state index contributed by atoms with van der Waals surface area (Å²) in [5, 5.41) is 3.66. The van der Waals surface area contributed by atoms with Crippen molar-refractivity contribution < 1.29 is 14.3 Å². The molecule has 160 valence electrons. The van der Waals surface area contributed by atoms with E-state index in [0.29, 0.717) is 31.1 Å². The standard InChI is InChI=1S/C25H25ClN2O3/c1-30-22-10-7-18(8-11-22)15-27-25(29)14-21-17-31-24-12-9-20(26)13-23(24)28(21)16-19-5-3-2-4-6-19/h2-13,21H,14-17H2,1H3,(H,27,29)/t21-/m0/s1. The molecule has 0 aliphatic carbocycles. The van der Waals surface area contributed by atoms with E-state index < -0.39 is 0 Å². The molecule has 3 aromatic carbocycles. The number of hydrogen-bond acceptors (Lipinski definition) is 4. The molecule has 6 heteroatoms. The Morgan fingerprint density at radius 2 is 1.87 bits per heavy atom. The van der Waals surface area contributed by atoms with E-state index in [1.807, 2.05) is 60.7 Å². The van der Waals surface area contributed by atoms with Gasteiger partial charge in [0.15, 0.2) is 0 Å². The Hall–Kier alpha value is -3.18. The molecule has 5 nitrogen and oxygen atoms in total. The molecule has 4 rings (SSSR count). The number of anilines is 1. The van der Waals surface area contributed by atoms with Crippen molar-refractivity contribution in [3.8, 4) is 11.5 Å². The largest absolute Gasteiger partial charge is 0.497 e. The van der Waals surface area contributed by atoms with Crippen molar-refractivity contribution in [3.05, 3.63) is 88.9 Å². The second-order valence-electron chi connectivity index (χ2n) is 7.52. The molecule has 0 fully saturated rings. The SMILES string of the molecule is COc1ccc(CNC(=O)C[C@H]2COc3ccc(Cl)cc3N2Cc2ccccc2)cc1. The van der Waals surface area contributed by atoms with Gasteiger partial charge in [-0.3, -0.25) is 4.79 Å². The van der Waals surface area contributed by atoms with Gasteiger partial charge >= 0.3 is 0 Å². The fraction of sp³-hybridized carbons (Fsp3) is 0.240. The van der Waals surface area contributed by atoms with Gasteiger partial charge in [0.25, 0.3) is 0 Å². The van der Waals surface area contributed by atoms with Crippen LogP contribution in [0.3, 0.4) is 0 Å². The van der Waals surface area contributed by atoms with Crippen LogP contribution >= 0.6 is 11.6 Å². The highest BCUT2D eigenvalue weighted by Crippen LogP contribution is 2.37. The number of carbonyl (C=O) groups excluding carboxylic acids is 1. The van der Waals surface area contributed by atoms with E-state index in [-0.39, 0.29) is 11.9 Å². The molecule has 0 spiro atoms. The molecule has 0 saturated carbocycles. The Morgan fingerprint density at radius 1 is 1.10 bits per heavy atom. The molecule has 1 amide bonds. The van der Waals surface area contributed by atoms with Crippen molar-refractivity contribution in [2.75, 3.05) is 18.6 Å². The van der Waals surface area contributed by atoms with E-state index in [1.165, 1.54) is 5.56 Å². The van der Waals surface area contributed by atoms with Gasteiger partial charge in [-0.15, -0.1) is 0 Å². The Balaban J connectivity index is 1.46. The van der Waals surface area contributed by atoms with Gasteiger partial charge in [0.05, 0.1) is 25.3 Å². The topological polar surface area (TPSA) is 50.8 Å². The molecule has 0 unspecified atom stereocenters. The Kier molecular flexibility index (Phi) is 6.63. The lowest BCUT2D eigenvalue weighted by Crippen LogP contribution is -2.45. The maximum absolute atomic E-state index is 12.7. The molecule has 31 heavy (non-hydrogen) atoms. The zero-order chi connectivity index (χ0) is 21.6. The molecule has 0 bridgehead atoms. The van der Waals surface area contributed by atoms with Gasteiger partial charge in [-0.25, -0.2) is 0 Å². The van der Waals surface area contributed by atoms with Gasteiger partial charge in [0.1, 0.15) is 18.1 Å². The average Bonchev–Trinajstić information content (AvgIpc) is 2.80. The highest BCUT2D eigenvalue weighted by atomic mass is 35.5. The maximum atomic E-state index is 12.7. The van der Waals surface area contributed by atoms with E-state index in [1.54, 1.807) is 7.11 Å². The Morgan fingerprint density at radius 3 is 2.61 bits per heavy atom.